The Hall–Kier alpha value is -1.62. The van der Waals surface area contributed by atoms with Crippen LogP contribution in [-0.4, -0.2) is 4.92 Å². The highest BCUT2D eigenvalue weighted by Crippen LogP contribution is 2.33. The van der Waals surface area contributed by atoms with Gasteiger partial charge in [0.05, 0.1) is 15.7 Å². The number of furan rings is 1. The lowest BCUT2D eigenvalue weighted by molar-refractivity contribution is -0.385. The normalized spacial score (nSPS) is 10.4. The third-order valence-corrected chi connectivity index (χ3v) is 2.91. The quantitative estimate of drug-likeness (QED) is 0.619. The molecule has 16 heavy (non-hydrogen) atoms. The molecule has 0 aliphatic carbocycles. The lowest BCUT2D eigenvalue weighted by Gasteiger charge is -2.04. The maximum absolute atomic E-state index is 10.8. The molecule has 1 aromatic heterocycles. The summed E-state index contributed by atoms with van der Waals surface area (Å²) in [6, 6.07) is 6.76. The second-order valence-electron chi connectivity index (χ2n) is 3.35. The van der Waals surface area contributed by atoms with Crippen LogP contribution in [0.5, 0.6) is 0 Å². The van der Waals surface area contributed by atoms with Gasteiger partial charge in [0.2, 0.25) is 0 Å². The molecule has 2 aromatic rings. The van der Waals surface area contributed by atoms with Crippen molar-refractivity contribution in [3.05, 3.63) is 50.7 Å². The molecule has 0 bridgehead atoms. The number of nitrogens with zero attached hydrogens (tertiary/aromatic N) is 1. The van der Waals surface area contributed by atoms with E-state index in [4.69, 9.17) is 4.42 Å². The molecule has 5 heteroatoms. The summed E-state index contributed by atoms with van der Waals surface area (Å²) >= 11 is 3.17. The van der Waals surface area contributed by atoms with E-state index in [0.29, 0.717) is 10.2 Å². The molecule has 1 aromatic carbocycles. The minimum Gasteiger partial charge on any atom is -0.464 e. The standard InChI is InChI=1S/C11H8BrNO3/c1-7-5-9(12)10(13(14)15)6-8(7)11-3-2-4-16-11/h2-6H,1H3. The molecule has 0 spiro atoms. The molecule has 0 amide bonds. The van der Waals surface area contributed by atoms with Gasteiger partial charge >= 0.3 is 0 Å². The van der Waals surface area contributed by atoms with Gasteiger partial charge in [0, 0.05) is 11.6 Å². The van der Waals surface area contributed by atoms with Crippen LogP contribution in [0.4, 0.5) is 5.69 Å². The summed E-state index contributed by atoms with van der Waals surface area (Å²) in [4.78, 5) is 10.4. The zero-order valence-electron chi connectivity index (χ0n) is 8.44. The van der Waals surface area contributed by atoms with Gasteiger partial charge in [0.15, 0.2) is 0 Å². The predicted octanol–water partition coefficient (Wildman–Crippen LogP) is 3.93. The first kappa shape index (κ1) is 10.9. The molecule has 82 valence electrons. The number of hydrogen-bond acceptors (Lipinski definition) is 3. The van der Waals surface area contributed by atoms with Gasteiger partial charge in [-0.2, -0.15) is 0 Å². The van der Waals surface area contributed by atoms with Crippen molar-refractivity contribution in [1.29, 1.82) is 0 Å². The molecule has 0 unspecified atom stereocenters. The van der Waals surface area contributed by atoms with Crippen molar-refractivity contribution >= 4 is 21.6 Å². The van der Waals surface area contributed by atoms with Crippen LogP contribution >= 0.6 is 15.9 Å². The molecule has 0 fully saturated rings. The van der Waals surface area contributed by atoms with Crippen molar-refractivity contribution in [2.75, 3.05) is 0 Å². The fraction of sp³-hybridized carbons (Fsp3) is 0.0909. The van der Waals surface area contributed by atoms with E-state index in [1.54, 1.807) is 24.5 Å². The lowest BCUT2D eigenvalue weighted by Crippen LogP contribution is -1.92. The molecule has 0 aliphatic rings. The zero-order chi connectivity index (χ0) is 11.7. The third-order valence-electron chi connectivity index (χ3n) is 2.28. The van der Waals surface area contributed by atoms with Crippen molar-refractivity contribution in [2.24, 2.45) is 0 Å². The molecule has 4 nitrogen and oxygen atoms in total. The molecule has 1 heterocycles. The van der Waals surface area contributed by atoms with E-state index in [-0.39, 0.29) is 5.69 Å². The largest absolute Gasteiger partial charge is 0.464 e. The lowest BCUT2D eigenvalue weighted by atomic mass is 10.1. The fourth-order valence-corrected chi connectivity index (χ4v) is 2.10. The molecular weight excluding hydrogens is 274 g/mol. The van der Waals surface area contributed by atoms with E-state index < -0.39 is 4.92 Å². The fourth-order valence-electron chi connectivity index (χ4n) is 1.50. The highest BCUT2D eigenvalue weighted by molar-refractivity contribution is 9.10. The van der Waals surface area contributed by atoms with Crippen LogP contribution in [0.15, 0.2) is 39.4 Å². The van der Waals surface area contributed by atoms with Gasteiger partial charge in [-0.1, -0.05) is 0 Å². The van der Waals surface area contributed by atoms with Gasteiger partial charge in [-0.05, 0) is 46.6 Å². The summed E-state index contributed by atoms with van der Waals surface area (Å²) in [7, 11) is 0. The smallest absolute Gasteiger partial charge is 0.284 e. The van der Waals surface area contributed by atoms with Crippen LogP contribution in [-0.2, 0) is 0 Å². The molecule has 0 atom stereocenters. The Morgan fingerprint density at radius 3 is 2.75 bits per heavy atom. The van der Waals surface area contributed by atoms with E-state index in [0.717, 1.165) is 11.1 Å². The average molecular weight is 282 g/mol. The van der Waals surface area contributed by atoms with Crippen LogP contribution < -0.4 is 0 Å². The monoisotopic (exact) mass is 281 g/mol. The molecule has 0 aliphatic heterocycles. The van der Waals surface area contributed by atoms with Crippen LogP contribution in [0, 0.1) is 17.0 Å². The highest BCUT2D eigenvalue weighted by atomic mass is 79.9. The Morgan fingerprint density at radius 2 is 2.19 bits per heavy atom. The summed E-state index contributed by atoms with van der Waals surface area (Å²) in [6.45, 7) is 1.88. The molecular formula is C11H8BrNO3. The minimum atomic E-state index is -0.421. The van der Waals surface area contributed by atoms with Crippen molar-refractivity contribution in [3.63, 3.8) is 0 Å². The van der Waals surface area contributed by atoms with E-state index in [1.807, 2.05) is 6.92 Å². The summed E-state index contributed by atoms with van der Waals surface area (Å²) < 4.78 is 5.71. The first-order valence-electron chi connectivity index (χ1n) is 4.58. The second kappa shape index (κ2) is 4.09. The molecule has 0 N–H and O–H groups in total. The van der Waals surface area contributed by atoms with E-state index in [1.165, 1.54) is 6.07 Å². The molecule has 2 rings (SSSR count). The number of rotatable bonds is 2. The SMILES string of the molecule is Cc1cc(Br)c([N+](=O)[O-])cc1-c1ccco1. The second-order valence-corrected chi connectivity index (χ2v) is 4.21. The minimum absolute atomic E-state index is 0.0389. The first-order chi connectivity index (χ1) is 7.59. The van der Waals surface area contributed by atoms with Crippen LogP contribution in [0.3, 0.4) is 0 Å². The number of nitro groups is 1. The zero-order valence-corrected chi connectivity index (χ0v) is 10.0. The third kappa shape index (κ3) is 1.86. The highest BCUT2D eigenvalue weighted by Gasteiger charge is 2.16. The van der Waals surface area contributed by atoms with Crippen molar-refractivity contribution < 1.29 is 9.34 Å². The van der Waals surface area contributed by atoms with E-state index in [9.17, 15) is 10.1 Å². The van der Waals surface area contributed by atoms with E-state index in [2.05, 4.69) is 15.9 Å². The summed E-state index contributed by atoms with van der Waals surface area (Å²) in [5.41, 5.74) is 1.70. The Labute approximate surface area is 100 Å². The Kier molecular flexibility index (Phi) is 2.78. The van der Waals surface area contributed by atoms with E-state index >= 15 is 0 Å². The van der Waals surface area contributed by atoms with Gasteiger partial charge < -0.3 is 4.42 Å². The molecule has 0 saturated heterocycles. The Balaban J connectivity index is 2.63. The van der Waals surface area contributed by atoms with Gasteiger partial charge in [-0.25, -0.2) is 0 Å². The molecule has 0 saturated carbocycles. The molecule has 0 radical (unpaired) electrons. The number of nitro benzene ring substituents is 1. The summed E-state index contributed by atoms with van der Waals surface area (Å²) in [5, 5.41) is 10.8. The van der Waals surface area contributed by atoms with Crippen molar-refractivity contribution in [2.45, 2.75) is 6.92 Å². The topological polar surface area (TPSA) is 56.3 Å². The maximum atomic E-state index is 10.8. The predicted molar refractivity (Wildman–Crippen MR) is 63.2 cm³/mol. The Bertz CT molecular complexity index is 534. The number of benzene rings is 1. The number of aryl methyl sites for hydroxylation is 1. The van der Waals surface area contributed by atoms with Gasteiger partial charge in [0.1, 0.15) is 5.76 Å². The van der Waals surface area contributed by atoms with Crippen LogP contribution in [0.25, 0.3) is 11.3 Å². The van der Waals surface area contributed by atoms with Crippen molar-refractivity contribution in [1.82, 2.24) is 0 Å². The summed E-state index contributed by atoms with van der Waals surface area (Å²) in [5.74, 6) is 0.633. The van der Waals surface area contributed by atoms with Crippen LogP contribution in [0.1, 0.15) is 5.56 Å². The van der Waals surface area contributed by atoms with Gasteiger partial charge in [0.25, 0.3) is 5.69 Å². The van der Waals surface area contributed by atoms with Crippen molar-refractivity contribution in [3.8, 4) is 11.3 Å². The van der Waals surface area contributed by atoms with Gasteiger partial charge in [-0.3, -0.25) is 10.1 Å². The number of halogens is 1. The maximum Gasteiger partial charge on any atom is 0.284 e. The number of hydrogen-bond donors (Lipinski definition) is 0. The van der Waals surface area contributed by atoms with Gasteiger partial charge in [-0.15, -0.1) is 0 Å². The Morgan fingerprint density at radius 1 is 1.44 bits per heavy atom. The van der Waals surface area contributed by atoms with Crippen LogP contribution in [0.2, 0.25) is 0 Å². The first-order valence-corrected chi connectivity index (χ1v) is 5.37. The average Bonchev–Trinajstić information content (AvgIpc) is 2.70. The summed E-state index contributed by atoms with van der Waals surface area (Å²) in [6.07, 6.45) is 1.54.